The molecule has 39 heavy (non-hydrogen) atoms. The maximum absolute atomic E-state index is 11.5. The van der Waals surface area contributed by atoms with Crippen LogP contribution in [0.1, 0.15) is 128 Å². The first-order valence-corrected chi connectivity index (χ1v) is 14.5. The molecule has 0 fully saturated rings. The smallest absolute Gasteiger partial charge is 0.318 e. The standard InChI is InChI=1S/C33H44N2O4/c1-7-9-11-13-15-31(34-38-23(3)36)25-17-19-27-28-20-18-26(22-30(28)33(5,6)29(27)21-25)32(35-39-24(4)37)16-14-12-10-8-2/h17-22H,7-16H2,1-6H3/b34-31+,35-32+. The number of fused-ring (bicyclic) bond motifs is 3. The summed E-state index contributed by atoms with van der Waals surface area (Å²) in [4.78, 5) is 33.2. The van der Waals surface area contributed by atoms with Crippen LogP contribution in [0.4, 0.5) is 0 Å². The van der Waals surface area contributed by atoms with E-state index in [0.717, 1.165) is 73.9 Å². The number of carbonyl (C=O) groups excluding carboxylic acids is 2. The molecule has 2 aromatic carbocycles. The Morgan fingerprint density at radius 1 is 0.667 bits per heavy atom. The highest BCUT2D eigenvalue weighted by Crippen LogP contribution is 2.49. The predicted octanol–water partition coefficient (Wildman–Crippen LogP) is 8.47. The van der Waals surface area contributed by atoms with Crippen LogP contribution in [-0.4, -0.2) is 23.4 Å². The molecule has 0 heterocycles. The quantitative estimate of drug-likeness (QED) is 0.106. The maximum atomic E-state index is 11.5. The number of benzene rings is 2. The Morgan fingerprint density at radius 3 is 1.44 bits per heavy atom. The van der Waals surface area contributed by atoms with Crippen molar-refractivity contribution in [3.8, 4) is 11.1 Å². The molecule has 0 saturated carbocycles. The zero-order valence-electron chi connectivity index (χ0n) is 24.6. The number of rotatable bonds is 14. The van der Waals surface area contributed by atoms with Crippen molar-refractivity contribution < 1.29 is 19.3 Å². The minimum Gasteiger partial charge on any atom is -0.318 e. The number of unbranched alkanes of at least 4 members (excludes halogenated alkanes) is 6. The normalized spacial score (nSPS) is 14.1. The van der Waals surface area contributed by atoms with Gasteiger partial charge in [-0.1, -0.05) is 101 Å². The van der Waals surface area contributed by atoms with Gasteiger partial charge in [-0.3, -0.25) is 0 Å². The van der Waals surface area contributed by atoms with E-state index >= 15 is 0 Å². The predicted molar refractivity (Wildman–Crippen MR) is 158 cm³/mol. The van der Waals surface area contributed by atoms with Crippen molar-refractivity contribution in [3.05, 3.63) is 58.7 Å². The molecule has 0 bridgehead atoms. The molecule has 0 amide bonds. The molecule has 2 aromatic rings. The Balaban J connectivity index is 1.95. The van der Waals surface area contributed by atoms with Gasteiger partial charge in [0.25, 0.3) is 0 Å². The summed E-state index contributed by atoms with van der Waals surface area (Å²) in [5.74, 6) is -0.827. The first kappa shape index (κ1) is 30.3. The van der Waals surface area contributed by atoms with Gasteiger partial charge < -0.3 is 9.68 Å². The van der Waals surface area contributed by atoms with Crippen LogP contribution in [-0.2, 0) is 24.7 Å². The van der Waals surface area contributed by atoms with Crippen molar-refractivity contribution in [3.63, 3.8) is 0 Å². The monoisotopic (exact) mass is 532 g/mol. The lowest BCUT2D eigenvalue weighted by atomic mass is 9.81. The van der Waals surface area contributed by atoms with Gasteiger partial charge in [-0.15, -0.1) is 0 Å². The molecule has 3 rings (SSSR count). The Hall–Kier alpha value is -3.28. The second-order valence-corrected chi connectivity index (χ2v) is 11.0. The Labute approximate surface area is 233 Å². The SMILES string of the molecule is CCCCCC/C(=N\OC(C)=O)c1ccc2c(c1)C(C)(C)c1cc(/C(CCCCCC)=N/OC(C)=O)ccc1-2. The van der Waals surface area contributed by atoms with Crippen LogP contribution >= 0.6 is 0 Å². The molecule has 0 N–H and O–H groups in total. The molecule has 210 valence electrons. The fraction of sp³-hybridized carbons (Fsp3) is 0.515. The highest BCUT2D eigenvalue weighted by atomic mass is 16.7. The summed E-state index contributed by atoms with van der Waals surface area (Å²) in [6.07, 6.45) is 10.4. The summed E-state index contributed by atoms with van der Waals surface area (Å²) in [6, 6.07) is 12.9. The molecule has 0 aliphatic heterocycles. The second kappa shape index (κ2) is 14.2. The molecule has 0 radical (unpaired) electrons. The van der Waals surface area contributed by atoms with Gasteiger partial charge in [0.15, 0.2) is 0 Å². The highest BCUT2D eigenvalue weighted by Gasteiger charge is 2.36. The van der Waals surface area contributed by atoms with Crippen molar-refractivity contribution in [1.29, 1.82) is 0 Å². The summed E-state index contributed by atoms with van der Waals surface area (Å²) in [5.41, 5.74) is 8.17. The van der Waals surface area contributed by atoms with Gasteiger partial charge in [0.1, 0.15) is 0 Å². The van der Waals surface area contributed by atoms with Crippen LogP contribution in [0, 0.1) is 0 Å². The van der Waals surface area contributed by atoms with E-state index in [0.29, 0.717) is 0 Å². The van der Waals surface area contributed by atoms with Gasteiger partial charge in [-0.2, -0.15) is 0 Å². The minimum absolute atomic E-state index is 0.250. The molecule has 0 atom stereocenters. The summed E-state index contributed by atoms with van der Waals surface area (Å²) in [7, 11) is 0. The van der Waals surface area contributed by atoms with Crippen LogP contribution in [0.2, 0.25) is 0 Å². The van der Waals surface area contributed by atoms with Crippen molar-refractivity contribution in [2.45, 2.75) is 111 Å². The lowest BCUT2D eigenvalue weighted by Crippen LogP contribution is -2.17. The lowest BCUT2D eigenvalue weighted by Gasteiger charge is -2.23. The minimum atomic E-state index is -0.414. The molecule has 1 aliphatic rings. The number of hydrogen-bond donors (Lipinski definition) is 0. The molecule has 0 spiro atoms. The zero-order chi connectivity index (χ0) is 28.4. The van der Waals surface area contributed by atoms with E-state index in [-0.39, 0.29) is 5.41 Å². The van der Waals surface area contributed by atoms with Crippen LogP contribution in [0.25, 0.3) is 11.1 Å². The molecular formula is C33H44N2O4. The molecule has 0 aromatic heterocycles. The Kier molecular flexibility index (Phi) is 11.0. The fourth-order valence-electron chi connectivity index (χ4n) is 5.26. The van der Waals surface area contributed by atoms with E-state index in [1.165, 1.54) is 48.9 Å². The van der Waals surface area contributed by atoms with Gasteiger partial charge in [-0.05, 0) is 71.2 Å². The average molecular weight is 533 g/mol. The molecule has 0 saturated heterocycles. The number of nitrogens with zero attached hydrogens (tertiary/aromatic N) is 2. The van der Waals surface area contributed by atoms with Gasteiger partial charge in [0, 0.05) is 19.3 Å². The van der Waals surface area contributed by atoms with Crippen molar-refractivity contribution >= 4 is 23.4 Å². The highest BCUT2D eigenvalue weighted by molar-refractivity contribution is 6.03. The second-order valence-electron chi connectivity index (χ2n) is 11.0. The van der Waals surface area contributed by atoms with Crippen molar-refractivity contribution in [1.82, 2.24) is 0 Å². The first-order chi connectivity index (χ1) is 18.7. The Bertz CT molecular complexity index is 1130. The maximum Gasteiger partial charge on any atom is 0.331 e. The molecular weight excluding hydrogens is 488 g/mol. The summed E-state index contributed by atoms with van der Waals surface area (Å²) >= 11 is 0. The van der Waals surface area contributed by atoms with Gasteiger partial charge in [0.2, 0.25) is 0 Å². The third-order valence-electron chi connectivity index (χ3n) is 7.45. The van der Waals surface area contributed by atoms with E-state index in [4.69, 9.17) is 9.68 Å². The average Bonchev–Trinajstić information content (AvgIpc) is 3.13. The van der Waals surface area contributed by atoms with E-state index in [1.807, 2.05) is 0 Å². The number of carbonyl (C=O) groups is 2. The number of oxime groups is 2. The molecule has 6 heteroatoms. The van der Waals surface area contributed by atoms with Crippen LogP contribution in [0.5, 0.6) is 0 Å². The number of hydrogen-bond acceptors (Lipinski definition) is 6. The van der Waals surface area contributed by atoms with Crippen LogP contribution < -0.4 is 0 Å². The van der Waals surface area contributed by atoms with Crippen molar-refractivity contribution in [2.24, 2.45) is 10.3 Å². The zero-order valence-corrected chi connectivity index (χ0v) is 24.6. The molecule has 6 nitrogen and oxygen atoms in total. The van der Waals surface area contributed by atoms with E-state index in [2.05, 4.69) is 74.4 Å². The van der Waals surface area contributed by atoms with Crippen LogP contribution in [0.3, 0.4) is 0 Å². The lowest BCUT2D eigenvalue weighted by molar-refractivity contribution is -0.141. The van der Waals surface area contributed by atoms with E-state index in [9.17, 15) is 9.59 Å². The summed E-state index contributed by atoms with van der Waals surface area (Å²) in [6.45, 7) is 11.6. The van der Waals surface area contributed by atoms with Gasteiger partial charge >= 0.3 is 11.9 Å². The Morgan fingerprint density at radius 2 is 1.08 bits per heavy atom. The summed E-state index contributed by atoms with van der Waals surface area (Å²) in [5, 5.41) is 8.47. The molecule has 0 unspecified atom stereocenters. The van der Waals surface area contributed by atoms with E-state index in [1.54, 1.807) is 0 Å². The van der Waals surface area contributed by atoms with Crippen LogP contribution in [0.15, 0.2) is 46.7 Å². The fourth-order valence-corrected chi connectivity index (χ4v) is 5.26. The van der Waals surface area contributed by atoms with E-state index < -0.39 is 11.9 Å². The third kappa shape index (κ3) is 7.87. The first-order valence-electron chi connectivity index (χ1n) is 14.5. The van der Waals surface area contributed by atoms with Gasteiger partial charge in [0.05, 0.1) is 11.4 Å². The van der Waals surface area contributed by atoms with Gasteiger partial charge in [-0.25, -0.2) is 9.59 Å². The molecule has 1 aliphatic carbocycles. The van der Waals surface area contributed by atoms with Crippen molar-refractivity contribution in [2.75, 3.05) is 0 Å². The topological polar surface area (TPSA) is 77.3 Å². The largest absolute Gasteiger partial charge is 0.331 e. The summed E-state index contributed by atoms with van der Waals surface area (Å²) < 4.78 is 0. The third-order valence-corrected chi connectivity index (χ3v) is 7.45.